The predicted octanol–water partition coefficient (Wildman–Crippen LogP) is 2.55. The fraction of sp³-hybridized carbons (Fsp3) is 0.250. The Morgan fingerprint density at radius 3 is 2.38 bits per heavy atom. The summed E-state index contributed by atoms with van der Waals surface area (Å²) in [6.07, 6.45) is 7.62. The Balaban J connectivity index is 3.50. The first-order valence-electron chi connectivity index (χ1n) is 2.73. The van der Waals surface area contributed by atoms with Crippen LogP contribution in [0, 0.1) is 5.92 Å². The van der Waals surface area contributed by atoms with Crippen molar-refractivity contribution in [2.45, 2.75) is 6.92 Å². The summed E-state index contributed by atoms with van der Waals surface area (Å²) in [7, 11) is 0. The van der Waals surface area contributed by atoms with Crippen LogP contribution in [0.25, 0.3) is 0 Å². The van der Waals surface area contributed by atoms with Crippen LogP contribution < -0.4 is 0 Å². The molecule has 1 atom stereocenters. The van der Waals surface area contributed by atoms with Crippen molar-refractivity contribution >= 4 is 0 Å². The predicted molar refractivity (Wildman–Crippen MR) is 38.7 cm³/mol. The van der Waals surface area contributed by atoms with Gasteiger partial charge in [-0.15, -0.1) is 6.58 Å². The topological polar surface area (TPSA) is 0 Å². The van der Waals surface area contributed by atoms with E-state index in [0.717, 1.165) is 0 Å². The van der Waals surface area contributed by atoms with Gasteiger partial charge in [-0.3, -0.25) is 0 Å². The summed E-state index contributed by atoms with van der Waals surface area (Å²) in [5, 5.41) is 0. The number of allylic oxidation sites excluding steroid dienone is 4. The standard InChI is InChI=1S/C8H12/c1-4-6-7-8(3)5-2/h4-8H,1-2H2,3H3/b7-6+. The quantitative estimate of drug-likeness (QED) is 0.385. The first kappa shape index (κ1) is 7.22. The van der Waals surface area contributed by atoms with Gasteiger partial charge in [0.25, 0.3) is 0 Å². The zero-order valence-electron chi connectivity index (χ0n) is 5.30. The SMILES string of the molecule is C=C/C=C/C(C)C=C. The van der Waals surface area contributed by atoms with E-state index in [1.54, 1.807) is 6.08 Å². The molecule has 0 saturated heterocycles. The highest BCUT2D eigenvalue weighted by Crippen LogP contribution is 1.95. The first-order chi connectivity index (χ1) is 3.81. The molecule has 0 amide bonds. The highest BCUT2D eigenvalue weighted by molar-refractivity contribution is 5.02. The van der Waals surface area contributed by atoms with Crippen LogP contribution in [0.1, 0.15) is 6.92 Å². The second-order valence-corrected chi connectivity index (χ2v) is 1.72. The zero-order chi connectivity index (χ0) is 6.41. The van der Waals surface area contributed by atoms with Gasteiger partial charge in [-0.05, 0) is 5.92 Å². The van der Waals surface area contributed by atoms with Gasteiger partial charge in [-0.25, -0.2) is 0 Å². The van der Waals surface area contributed by atoms with Crippen molar-refractivity contribution in [3.05, 3.63) is 37.5 Å². The summed E-state index contributed by atoms with van der Waals surface area (Å²) in [4.78, 5) is 0. The van der Waals surface area contributed by atoms with Gasteiger partial charge in [0.15, 0.2) is 0 Å². The van der Waals surface area contributed by atoms with Gasteiger partial charge in [0.2, 0.25) is 0 Å². The van der Waals surface area contributed by atoms with E-state index < -0.39 is 0 Å². The molecule has 0 aliphatic rings. The third kappa shape index (κ3) is 3.41. The van der Waals surface area contributed by atoms with Gasteiger partial charge in [0.1, 0.15) is 0 Å². The molecule has 0 aromatic heterocycles. The molecule has 0 nitrogen and oxygen atoms in total. The molecule has 0 saturated carbocycles. The van der Waals surface area contributed by atoms with Gasteiger partial charge in [-0.2, -0.15) is 0 Å². The molecule has 0 aromatic carbocycles. The van der Waals surface area contributed by atoms with Crippen molar-refractivity contribution < 1.29 is 0 Å². The summed E-state index contributed by atoms with van der Waals surface area (Å²) in [6.45, 7) is 9.25. The van der Waals surface area contributed by atoms with Crippen molar-refractivity contribution in [2.75, 3.05) is 0 Å². The Kier molecular flexibility index (Phi) is 3.95. The Hall–Kier alpha value is -0.780. The van der Waals surface area contributed by atoms with E-state index in [1.165, 1.54) is 0 Å². The minimum absolute atomic E-state index is 0.466. The molecule has 0 radical (unpaired) electrons. The van der Waals surface area contributed by atoms with Crippen LogP contribution >= 0.6 is 0 Å². The minimum atomic E-state index is 0.466. The summed E-state index contributed by atoms with van der Waals surface area (Å²) < 4.78 is 0. The number of hydrogen-bond acceptors (Lipinski definition) is 0. The van der Waals surface area contributed by atoms with Crippen LogP contribution in [0.15, 0.2) is 37.5 Å². The molecular formula is C8H12. The highest BCUT2D eigenvalue weighted by atomic mass is 13.9. The van der Waals surface area contributed by atoms with Crippen LogP contribution in [-0.4, -0.2) is 0 Å². The lowest BCUT2D eigenvalue weighted by molar-refractivity contribution is 0.944. The summed E-state index contributed by atoms with van der Waals surface area (Å²) in [6, 6.07) is 0. The lowest BCUT2D eigenvalue weighted by atomic mass is 10.2. The van der Waals surface area contributed by atoms with Crippen molar-refractivity contribution in [1.82, 2.24) is 0 Å². The molecule has 8 heavy (non-hydrogen) atoms. The Bertz CT molecular complexity index is 98.6. The maximum atomic E-state index is 3.63. The van der Waals surface area contributed by atoms with E-state index in [-0.39, 0.29) is 0 Å². The summed E-state index contributed by atoms with van der Waals surface area (Å²) >= 11 is 0. The van der Waals surface area contributed by atoms with Crippen LogP contribution in [-0.2, 0) is 0 Å². The molecule has 0 bridgehead atoms. The Labute approximate surface area is 51.2 Å². The fourth-order valence-corrected chi connectivity index (χ4v) is 0.332. The number of rotatable bonds is 3. The highest BCUT2D eigenvalue weighted by Gasteiger charge is 1.81. The van der Waals surface area contributed by atoms with Gasteiger partial charge >= 0.3 is 0 Å². The second kappa shape index (κ2) is 4.38. The summed E-state index contributed by atoms with van der Waals surface area (Å²) in [5.41, 5.74) is 0. The third-order valence-electron chi connectivity index (χ3n) is 0.923. The van der Waals surface area contributed by atoms with E-state index in [9.17, 15) is 0 Å². The molecule has 0 aliphatic carbocycles. The van der Waals surface area contributed by atoms with Gasteiger partial charge in [-0.1, -0.05) is 37.8 Å². The van der Waals surface area contributed by atoms with Crippen molar-refractivity contribution in [1.29, 1.82) is 0 Å². The molecule has 0 N–H and O–H groups in total. The molecule has 0 aromatic rings. The van der Waals surface area contributed by atoms with E-state index >= 15 is 0 Å². The van der Waals surface area contributed by atoms with E-state index in [0.29, 0.717) is 5.92 Å². The molecule has 0 fully saturated rings. The van der Waals surface area contributed by atoms with Crippen molar-refractivity contribution in [2.24, 2.45) is 5.92 Å². The van der Waals surface area contributed by atoms with Crippen molar-refractivity contribution in [3.8, 4) is 0 Å². The van der Waals surface area contributed by atoms with Gasteiger partial charge in [0.05, 0.1) is 0 Å². The fourth-order valence-electron chi connectivity index (χ4n) is 0.332. The molecule has 44 valence electrons. The minimum Gasteiger partial charge on any atom is -0.102 e. The molecule has 1 unspecified atom stereocenters. The number of hydrogen-bond donors (Lipinski definition) is 0. The second-order valence-electron chi connectivity index (χ2n) is 1.72. The molecule has 0 spiro atoms. The largest absolute Gasteiger partial charge is 0.102 e. The normalized spacial score (nSPS) is 13.6. The van der Waals surface area contributed by atoms with Crippen molar-refractivity contribution in [3.63, 3.8) is 0 Å². The molecular weight excluding hydrogens is 96.1 g/mol. The average molecular weight is 108 g/mol. The lowest BCUT2D eigenvalue weighted by Gasteiger charge is -1.90. The maximum Gasteiger partial charge on any atom is -0.00814 e. The molecule has 0 aliphatic heterocycles. The molecule has 0 heteroatoms. The zero-order valence-corrected chi connectivity index (χ0v) is 5.30. The average Bonchev–Trinajstić information content (AvgIpc) is 1.83. The van der Waals surface area contributed by atoms with E-state index in [1.807, 2.05) is 18.2 Å². The van der Waals surface area contributed by atoms with Gasteiger partial charge in [0, 0.05) is 0 Å². The lowest BCUT2D eigenvalue weighted by Crippen LogP contribution is -1.77. The molecule has 0 rings (SSSR count). The smallest absolute Gasteiger partial charge is 0.00814 e. The molecule has 0 heterocycles. The third-order valence-corrected chi connectivity index (χ3v) is 0.923. The Morgan fingerprint density at radius 2 is 2.00 bits per heavy atom. The first-order valence-corrected chi connectivity index (χ1v) is 2.73. The van der Waals surface area contributed by atoms with Crippen LogP contribution in [0.3, 0.4) is 0 Å². The monoisotopic (exact) mass is 108 g/mol. The van der Waals surface area contributed by atoms with E-state index in [2.05, 4.69) is 20.1 Å². The summed E-state index contributed by atoms with van der Waals surface area (Å²) in [5.74, 6) is 0.466. The van der Waals surface area contributed by atoms with E-state index in [4.69, 9.17) is 0 Å². The van der Waals surface area contributed by atoms with Crippen LogP contribution in [0.2, 0.25) is 0 Å². The van der Waals surface area contributed by atoms with Gasteiger partial charge < -0.3 is 0 Å². The van der Waals surface area contributed by atoms with Crippen LogP contribution in [0.4, 0.5) is 0 Å². The Morgan fingerprint density at radius 1 is 1.38 bits per heavy atom. The van der Waals surface area contributed by atoms with Crippen LogP contribution in [0.5, 0.6) is 0 Å². The maximum absolute atomic E-state index is 3.63.